The van der Waals surface area contributed by atoms with Crippen molar-refractivity contribution >= 4 is 17.2 Å². The van der Waals surface area contributed by atoms with E-state index in [-0.39, 0.29) is 6.10 Å². The van der Waals surface area contributed by atoms with Crippen LogP contribution in [-0.4, -0.2) is 11.1 Å². The molecule has 1 aromatic rings. The first kappa shape index (κ1) is 13.0. The van der Waals surface area contributed by atoms with Gasteiger partial charge in [-0.15, -0.1) is 0 Å². The summed E-state index contributed by atoms with van der Waals surface area (Å²) in [6.07, 6.45) is 0.924. The maximum Gasteiger partial charge on any atom is 0.145 e. The molecule has 3 heteroatoms. The maximum atomic E-state index is 5.58. The molecule has 0 fully saturated rings. The molecule has 0 aliphatic heterocycles. The van der Waals surface area contributed by atoms with E-state index >= 15 is 0 Å². The van der Waals surface area contributed by atoms with Crippen LogP contribution >= 0.6 is 12.2 Å². The van der Waals surface area contributed by atoms with Gasteiger partial charge in [0.05, 0.1) is 0 Å². The van der Waals surface area contributed by atoms with Crippen LogP contribution in [0.3, 0.4) is 0 Å². The van der Waals surface area contributed by atoms with Gasteiger partial charge < -0.3 is 10.5 Å². The Kier molecular flexibility index (Phi) is 4.74. The van der Waals surface area contributed by atoms with E-state index in [0.29, 0.717) is 10.9 Å². The highest BCUT2D eigenvalue weighted by Gasteiger charge is 2.07. The van der Waals surface area contributed by atoms with Gasteiger partial charge in [0.15, 0.2) is 0 Å². The molecule has 0 aliphatic carbocycles. The van der Waals surface area contributed by atoms with E-state index in [2.05, 4.69) is 26.0 Å². The number of ether oxygens (including phenoxy) is 1. The maximum absolute atomic E-state index is 5.58. The Labute approximate surface area is 103 Å². The number of rotatable bonds is 5. The summed E-state index contributed by atoms with van der Waals surface area (Å²) in [4.78, 5) is 0.381. The van der Waals surface area contributed by atoms with Crippen LogP contribution in [0.1, 0.15) is 38.7 Å². The van der Waals surface area contributed by atoms with Gasteiger partial charge in [0, 0.05) is 0 Å². The first-order valence-electron chi connectivity index (χ1n) is 5.60. The predicted molar refractivity (Wildman–Crippen MR) is 72.0 cm³/mol. The monoisotopic (exact) mass is 237 g/mol. The molecule has 0 amide bonds. The lowest BCUT2D eigenvalue weighted by Crippen LogP contribution is -2.28. The first-order chi connectivity index (χ1) is 7.54. The minimum Gasteiger partial charge on any atom is -0.484 e. The number of hydrogen-bond acceptors (Lipinski definition) is 2. The number of nitrogens with two attached hydrogens (primary N) is 1. The molecule has 1 aromatic carbocycles. The van der Waals surface area contributed by atoms with Crippen LogP contribution in [0.15, 0.2) is 24.3 Å². The van der Waals surface area contributed by atoms with E-state index in [1.165, 1.54) is 5.56 Å². The second-order valence-electron chi connectivity index (χ2n) is 4.04. The number of benzene rings is 1. The van der Waals surface area contributed by atoms with E-state index in [0.717, 1.165) is 12.2 Å². The van der Waals surface area contributed by atoms with Crippen molar-refractivity contribution in [1.29, 1.82) is 0 Å². The molecule has 2 nitrogen and oxygen atoms in total. The predicted octanol–water partition coefficient (Wildman–Crippen LogP) is 3.25. The molecule has 2 N–H and O–H groups in total. The fourth-order valence-electron chi connectivity index (χ4n) is 1.37. The van der Waals surface area contributed by atoms with E-state index in [1.54, 1.807) is 0 Å². The quantitative estimate of drug-likeness (QED) is 0.798. The Morgan fingerprint density at radius 1 is 1.31 bits per heavy atom. The van der Waals surface area contributed by atoms with Crippen LogP contribution < -0.4 is 10.5 Å². The molecule has 16 heavy (non-hydrogen) atoms. The fraction of sp³-hybridized carbons (Fsp3) is 0.462. The Morgan fingerprint density at radius 3 is 2.31 bits per heavy atom. The zero-order valence-electron chi connectivity index (χ0n) is 10.1. The molecule has 2 unspecified atom stereocenters. The van der Waals surface area contributed by atoms with E-state index in [9.17, 15) is 0 Å². The minimum atomic E-state index is -0.218. The molecule has 1 rings (SSSR count). The summed E-state index contributed by atoms with van der Waals surface area (Å²) in [5.41, 5.74) is 6.82. The van der Waals surface area contributed by atoms with Gasteiger partial charge in [-0.25, -0.2) is 0 Å². The molecule has 0 spiro atoms. The van der Waals surface area contributed by atoms with Crippen LogP contribution in [0.25, 0.3) is 0 Å². The lowest BCUT2D eigenvalue weighted by Gasteiger charge is -2.14. The summed E-state index contributed by atoms with van der Waals surface area (Å²) >= 11 is 4.86. The molecule has 0 radical (unpaired) electrons. The largest absolute Gasteiger partial charge is 0.484 e. The lowest BCUT2D eigenvalue weighted by molar-refractivity contribution is 0.288. The Balaban J connectivity index is 2.68. The molecule has 0 heterocycles. The lowest BCUT2D eigenvalue weighted by atomic mass is 9.99. The summed E-state index contributed by atoms with van der Waals surface area (Å²) in [6, 6.07) is 8.12. The highest BCUT2D eigenvalue weighted by Crippen LogP contribution is 2.21. The number of thiocarbonyl (C=S) groups is 1. The van der Waals surface area contributed by atoms with Crippen LogP contribution in [-0.2, 0) is 0 Å². The molecule has 2 atom stereocenters. The molecule has 0 bridgehead atoms. The Bertz CT molecular complexity index is 347. The molecule has 0 aliphatic rings. The van der Waals surface area contributed by atoms with Gasteiger partial charge in [0.2, 0.25) is 0 Å². The van der Waals surface area contributed by atoms with Gasteiger partial charge in [0.25, 0.3) is 0 Å². The van der Waals surface area contributed by atoms with E-state index < -0.39 is 0 Å². The van der Waals surface area contributed by atoms with Crippen molar-refractivity contribution in [2.75, 3.05) is 0 Å². The summed E-state index contributed by atoms with van der Waals surface area (Å²) in [7, 11) is 0. The third-order valence-electron chi connectivity index (χ3n) is 2.78. The highest BCUT2D eigenvalue weighted by atomic mass is 32.1. The van der Waals surface area contributed by atoms with Crippen molar-refractivity contribution in [3.05, 3.63) is 29.8 Å². The zero-order chi connectivity index (χ0) is 12.1. The molecule has 88 valence electrons. The average Bonchev–Trinajstić information content (AvgIpc) is 2.28. The third-order valence-corrected chi connectivity index (χ3v) is 3.11. The van der Waals surface area contributed by atoms with Crippen LogP contribution in [0, 0.1) is 0 Å². The van der Waals surface area contributed by atoms with E-state index in [4.69, 9.17) is 22.7 Å². The van der Waals surface area contributed by atoms with Gasteiger partial charge in [0.1, 0.15) is 16.8 Å². The van der Waals surface area contributed by atoms with E-state index in [1.807, 2.05) is 19.1 Å². The smallest absolute Gasteiger partial charge is 0.145 e. The SMILES string of the molecule is CCC(C)c1ccc(OC(C)C(N)=S)cc1. The molecular formula is C13H19NOS. The van der Waals surface area contributed by atoms with Crippen molar-refractivity contribution in [2.24, 2.45) is 5.73 Å². The number of hydrogen-bond donors (Lipinski definition) is 1. The van der Waals surface area contributed by atoms with Crippen molar-refractivity contribution in [1.82, 2.24) is 0 Å². The van der Waals surface area contributed by atoms with Crippen LogP contribution in [0.2, 0.25) is 0 Å². The van der Waals surface area contributed by atoms with Crippen LogP contribution in [0.4, 0.5) is 0 Å². The first-order valence-corrected chi connectivity index (χ1v) is 6.01. The zero-order valence-corrected chi connectivity index (χ0v) is 10.9. The molecule has 0 aromatic heterocycles. The summed E-state index contributed by atoms with van der Waals surface area (Å²) in [6.45, 7) is 6.25. The minimum absolute atomic E-state index is 0.218. The molecular weight excluding hydrogens is 218 g/mol. The van der Waals surface area contributed by atoms with Crippen LogP contribution in [0.5, 0.6) is 5.75 Å². The second kappa shape index (κ2) is 5.85. The van der Waals surface area contributed by atoms with Gasteiger partial charge in [-0.1, -0.05) is 38.2 Å². The van der Waals surface area contributed by atoms with Crippen molar-refractivity contribution in [3.8, 4) is 5.75 Å². The summed E-state index contributed by atoms with van der Waals surface area (Å²) in [5.74, 6) is 1.40. The highest BCUT2D eigenvalue weighted by molar-refractivity contribution is 7.80. The standard InChI is InChI=1S/C13H19NOS/c1-4-9(2)11-5-7-12(8-6-11)15-10(3)13(14)16/h5-10H,4H2,1-3H3,(H2,14,16). The fourth-order valence-corrected chi connectivity index (χ4v) is 1.42. The third kappa shape index (κ3) is 3.49. The van der Waals surface area contributed by atoms with Gasteiger partial charge in [-0.3, -0.25) is 0 Å². The topological polar surface area (TPSA) is 35.2 Å². The normalized spacial score (nSPS) is 14.2. The van der Waals surface area contributed by atoms with Crippen molar-refractivity contribution in [2.45, 2.75) is 39.2 Å². The van der Waals surface area contributed by atoms with Crippen molar-refractivity contribution in [3.63, 3.8) is 0 Å². The van der Waals surface area contributed by atoms with Gasteiger partial charge in [-0.2, -0.15) is 0 Å². The molecule has 0 saturated heterocycles. The molecule has 0 saturated carbocycles. The summed E-state index contributed by atoms with van der Waals surface area (Å²) in [5, 5.41) is 0. The Hall–Kier alpha value is -1.09. The van der Waals surface area contributed by atoms with Gasteiger partial charge >= 0.3 is 0 Å². The average molecular weight is 237 g/mol. The second-order valence-corrected chi connectivity index (χ2v) is 4.51. The summed E-state index contributed by atoms with van der Waals surface area (Å²) < 4.78 is 5.58. The Morgan fingerprint density at radius 2 is 1.88 bits per heavy atom. The van der Waals surface area contributed by atoms with Crippen molar-refractivity contribution < 1.29 is 4.74 Å². The van der Waals surface area contributed by atoms with Gasteiger partial charge in [-0.05, 0) is 37.0 Å².